The Hall–Kier alpha value is -1.51. The molecule has 0 aliphatic rings. The monoisotopic (exact) mass is 195 g/mol. The number of allylic oxidation sites excluding steroid dienone is 2. The number of carbonyl (C=O) groups excluding carboxylic acids is 1. The molecule has 0 aliphatic carbocycles. The first-order chi connectivity index (χ1) is 6.52. The van der Waals surface area contributed by atoms with Crippen molar-refractivity contribution in [3.63, 3.8) is 0 Å². The van der Waals surface area contributed by atoms with Crippen molar-refractivity contribution in [1.82, 2.24) is 5.32 Å². The zero-order chi connectivity index (χ0) is 11.1. The van der Waals surface area contributed by atoms with E-state index < -0.39 is 0 Å². The molecule has 0 heterocycles. The lowest BCUT2D eigenvalue weighted by atomic mass is 10.1. The van der Waals surface area contributed by atoms with Crippen molar-refractivity contribution < 1.29 is 9.53 Å². The fourth-order valence-corrected chi connectivity index (χ4v) is 0.885. The molecule has 0 spiro atoms. The lowest BCUT2D eigenvalue weighted by molar-refractivity contribution is -0.117. The van der Waals surface area contributed by atoms with Gasteiger partial charge in [-0.3, -0.25) is 4.79 Å². The number of rotatable bonds is 5. The number of amides is 1. The van der Waals surface area contributed by atoms with Gasteiger partial charge in [-0.15, -0.1) is 0 Å². The van der Waals surface area contributed by atoms with Crippen LogP contribution in [0.4, 0.5) is 0 Å². The highest BCUT2D eigenvalue weighted by atomic mass is 16.5. The number of ether oxygens (including phenoxy) is 1. The molecular formula is C11H17NO2. The second-order valence-electron chi connectivity index (χ2n) is 2.89. The molecule has 1 amide bonds. The van der Waals surface area contributed by atoms with Crippen LogP contribution in [-0.4, -0.2) is 19.6 Å². The van der Waals surface area contributed by atoms with Crippen LogP contribution in [0.15, 0.2) is 36.1 Å². The van der Waals surface area contributed by atoms with E-state index in [4.69, 9.17) is 4.74 Å². The number of methoxy groups -OCH3 is 1. The van der Waals surface area contributed by atoms with E-state index in [1.807, 2.05) is 13.8 Å². The van der Waals surface area contributed by atoms with Gasteiger partial charge in [0.1, 0.15) is 5.76 Å². The number of nitrogens with one attached hydrogen (secondary N) is 1. The Bertz CT molecular complexity index is 277. The zero-order valence-electron chi connectivity index (χ0n) is 9.02. The molecule has 0 aromatic rings. The number of carbonyl (C=O) groups is 1. The van der Waals surface area contributed by atoms with E-state index in [-0.39, 0.29) is 5.91 Å². The largest absolute Gasteiger partial charge is 0.497 e. The Balaban J connectivity index is 4.82. The molecule has 0 bridgehead atoms. The predicted octanol–water partition coefficient (Wildman–Crippen LogP) is 1.79. The minimum atomic E-state index is -0.192. The Morgan fingerprint density at radius 2 is 2.07 bits per heavy atom. The highest BCUT2D eigenvalue weighted by Gasteiger charge is 2.11. The van der Waals surface area contributed by atoms with E-state index in [1.165, 1.54) is 7.11 Å². The van der Waals surface area contributed by atoms with Crippen molar-refractivity contribution in [3.8, 4) is 0 Å². The van der Waals surface area contributed by atoms with Crippen LogP contribution >= 0.6 is 0 Å². The maximum Gasteiger partial charge on any atom is 0.255 e. The van der Waals surface area contributed by atoms with Crippen molar-refractivity contribution in [1.29, 1.82) is 0 Å². The Morgan fingerprint density at radius 1 is 1.50 bits per heavy atom. The first-order valence-corrected chi connectivity index (χ1v) is 4.41. The normalized spacial score (nSPS) is 10.6. The molecule has 0 fully saturated rings. The summed E-state index contributed by atoms with van der Waals surface area (Å²) >= 11 is 0. The molecule has 0 saturated heterocycles. The maximum absolute atomic E-state index is 11.5. The summed E-state index contributed by atoms with van der Waals surface area (Å²) in [4.78, 5) is 11.5. The summed E-state index contributed by atoms with van der Waals surface area (Å²) in [5, 5.41) is 2.68. The maximum atomic E-state index is 11.5. The number of hydrogen-bond donors (Lipinski definition) is 1. The molecule has 0 unspecified atom stereocenters. The van der Waals surface area contributed by atoms with Crippen LogP contribution in [0.5, 0.6) is 0 Å². The highest BCUT2D eigenvalue weighted by molar-refractivity contribution is 5.97. The highest BCUT2D eigenvalue weighted by Crippen LogP contribution is 2.11. The van der Waals surface area contributed by atoms with Gasteiger partial charge in [-0.2, -0.15) is 0 Å². The molecule has 0 aromatic heterocycles. The van der Waals surface area contributed by atoms with Crippen molar-refractivity contribution in [2.45, 2.75) is 13.8 Å². The zero-order valence-corrected chi connectivity index (χ0v) is 9.02. The second kappa shape index (κ2) is 6.02. The quantitative estimate of drug-likeness (QED) is 0.412. The Morgan fingerprint density at radius 3 is 2.43 bits per heavy atom. The molecule has 0 aliphatic heterocycles. The van der Waals surface area contributed by atoms with Gasteiger partial charge in [0.25, 0.3) is 5.91 Å². The molecule has 0 radical (unpaired) electrons. The lowest BCUT2D eigenvalue weighted by Crippen LogP contribution is -2.25. The van der Waals surface area contributed by atoms with Crippen LogP contribution in [0.2, 0.25) is 0 Å². The van der Waals surface area contributed by atoms with Crippen LogP contribution in [-0.2, 0) is 9.53 Å². The van der Waals surface area contributed by atoms with Gasteiger partial charge in [-0.1, -0.05) is 18.7 Å². The number of likely N-dealkylation sites (N-methyl/N-ethyl adjacent to an activating group) is 1. The van der Waals surface area contributed by atoms with E-state index in [0.29, 0.717) is 17.9 Å². The summed E-state index contributed by atoms with van der Waals surface area (Å²) in [5.74, 6) is 0.154. The predicted molar refractivity (Wildman–Crippen MR) is 57.7 cm³/mol. The average Bonchev–Trinajstić information content (AvgIpc) is 2.13. The minimum absolute atomic E-state index is 0.192. The molecule has 0 saturated carbocycles. The SMILES string of the molecule is C=C(C)/C=C(\C(=C)OC)C(=O)NCC. The molecule has 0 rings (SSSR count). The van der Waals surface area contributed by atoms with Gasteiger partial charge >= 0.3 is 0 Å². The van der Waals surface area contributed by atoms with Crippen molar-refractivity contribution in [2.75, 3.05) is 13.7 Å². The summed E-state index contributed by atoms with van der Waals surface area (Å²) in [6.07, 6.45) is 1.65. The van der Waals surface area contributed by atoms with Crippen molar-refractivity contribution >= 4 is 5.91 Å². The lowest BCUT2D eigenvalue weighted by Gasteiger charge is -2.09. The van der Waals surface area contributed by atoms with Gasteiger partial charge in [-0.25, -0.2) is 0 Å². The summed E-state index contributed by atoms with van der Waals surface area (Å²) in [6.45, 7) is 11.6. The first-order valence-electron chi connectivity index (χ1n) is 4.41. The van der Waals surface area contributed by atoms with Crippen LogP contribution < -0.4 is 5.32 Å². The summed E-state index contributed by atoms with van der Waals surface area (Å²) in [7, 11) is 1.48. The molecular weight excluding hydrogens is 178 g/mol. The van der Waals surface area contributed by atoms with Gasteiger partial charge in [-0.05, 0) is 19.9 Å². The van der Waals surface area contributed by atoms with E-state index >= 15 is 0 Å². The minimum Gasteiger partial charge on any atom is -0.497 e. The van der Waals surface area contributed by atoms with E-state index in [1.54, 1.807) is 6.08 Å². The third-order valence-electron chi connectivity index (χ3n) is 1.52. The second-order valence-corrected chi connectivity index (χ2v) is 2.89. The molecule has 78 valence electrons. The van der Waals surface area contributed by atoms with Crippen molar-refractivity contribution in [3.05, 3.63) is 36.1 Å². The van der Waals surface area contributed by atoms with E-state index in [9.17, 15) is 4.79 Å². The molecule has 0 aromatic carbocycles. The van der Waals surface area contributed by atoms with Crippen molar-refractivity contribution in [2.24, 2.45) is 0 Å². The fourth-order valence-electron chi connectivity index (χ4n) is 0.885. The average molecular weight is 195 g/mol. The summed E-state index contributed by atoms with van der Waals surface area (Å²) < 4.78 is 4.92. The fraction of sp³-hybridized carbons (Fsp3) is 0.364. The molecule has 14 heavy (non-hydrogen) atoms. The van der Waals surface area contributed by atoms with E-state index in [0.717, 1.165) is 5.57 Å². The molecule has 0 atom stereocenters. The standard InChI is InChI=1S/C11H17NO2/c1-6-12-11(13)10(7-8(2)3)9(4)14-5/h7H,2,4,6H2,1,3,5H3,(H,12,13)/b10-7+. The molecule has 3 heteroatoms. The summed E-state index contributed by atoms with van der Waals surface area (Å²) in [5.41, 5.74) is 1.20. The Kier molecular flexibility index (Phi) is 5.37. The van der Waals surface area contributed by atoms with Gasteiger partial charge in [0.2, 0.25) is 0 Å². The summed E-state index contributed by atoms with van der Waals surface area (Å²) in [6, 6.07) is 0. The van der Waals surface area contributed by atoms with E-state index in [2.05, 4.69) is 18.5 Å². The topological polar surface area (TPSA) is 38.3 Å². The van der Waals surface area contributed by atoms with Crippen LogP contribution in [0.25, 0.3) is 0 Å². The third-order valence-corrected chi connectivity index (χ3v) is 1.52. The van der Waals surface area contributed by atoms with Gasteiger partial charge in [0.05, 0.1) is 12.7 Å². The van der Waals surface area contributed by atoms with Crippen LogP contribution in [0.3, 0.4) is 0 Å². The van der Waals surface area contributed by atoms with Gasteiger partial charge < -0.3 is 10.1 Å². The Labute approximate surface area is 85.1 Å². The smallest absolute Gasteiger partial charge is 0.255 e. The molecule has 3 nitrogen and oxygen atoms in total. The molecule has 1 N–H and O–H groups in total. The van der Waals surface area contributed by atoms with Gasteiger partial charge in [0, 0.05) is 6.54 Å². The first kappa shape index (κ1) is 12.5. The third kappa shape index (κ3) is 3.94. The van der Waals surface area contributed by atoms with Gasteiger partial charge in [0.15, 0.2) is 0 Å². The number of hydrogen-bond acceptors (Lipinski definition) is 2. The van der Waals surface area contributed by atoms with Crippen LogP contribution in [0.1, 0.15) is 13.8 Å². The van der Waals surface area contributed by atoms with Crippen LogP contribution in [0, 0.1) is 0 Å².